The highest BCUT2D eigenvalue weighted by Crippen LogP contribution is 2.26. The second-order valence-electron chi connectivity index (χ2n) is 3.11. The Labute approximate surface area is 95.4 Å². The van der Waals surface area contributed by atoms with Gasteiger partial charge in [0.15, 0.2) is 0 Å². The summed E-state index contributed by atoms with van der Waals surface area (Å²) in [5.41, 5.74) is 0.429. The number of benzene rings is 1. The zero-order chi connectivity index (χ0) is 12.2. The number of ether oxygens (including phenoxy) is 2. The van der Waals surface area contributed by atoms with E-state index in [0.29, 0.717) is 17.2 Å². The number of hydrogen-bond acceptors (Lipinski definition) is 4. The molecule has 0 atom stereocenters. The summed E-state index contributed by atoms with van der Waals surface area (Å²) in [5.74, 6) is 1.09. The first kappa shape index (κ1) is 12.6. The van der Waals surface area contributed by atoms with Gasteiger partial charge in [0.2, 0.25) is 10.0 Å². The highest BCUT2D eigenvalue weighted by molar-refractivity contribution is 7.92. The molecule has 1 N–H and O–H groups in total. The summed E-state index contributed by atoms with van der Waals surface area (Å²) in [7, 11) is -0.270. The molecule has 0 radical (unpaired) electrons. The Morgan fingerprint density at radius 3 is 2.00 bits per heavy atom. The van der Waals surface area contributed by atoms with E-state index >= 15 is 0 Å². The average Bonchev–Trinajstić information content (AvgIpc) is 2.28. The van der Waals surface area contributed by atoms with Crippen molar-refractivity contribution in [2.75, 3.05) is 24.7 Å². The number of methoxy groups -OCH3 is 2. The van der Waals surface area contributed by atoms with E-state index in [1.54, 1.807) is 25.1 Å². The largest absolute Gasteiger partial charge is 0.497 e. The van der Waals surface area contributed by atoms with Gasteiger partial charge in [0.05, 0.1) is 25.7 Å². The SMILES string of the molecule is CCS(=O)(=O)Nc1cc(OC)cc(OC)c1. The van der Waals surface area contributed by atoms with Gasteiger partial charge >= 0.3 is 0 Å². The van der Waals surface area contributed by atoms with Crippen molar-refractivity contribution < 1.29 is 17.9 Å². The molecular formula is C10H15NO4S. The average molecular weight is 245 g/mol. The lowest BCUT2D eigenvalue weighted by molar-refractivity contribution is 0.395. The predicted molar refractivity (Wildman–Crippen MR) is 62.6 cm³/mol. The Hall–Kier alpha value is -1.43. The van der Waals surface area contributed by atoms with Crippen LogP contribution in [0.5, 0.6) is 11.5 Å². The molecular weight excluding hydrogens is 230 g/mol. The third kappa shape index (κ3) is 3.30. The van der Waals surface area contributed by atoms with Gasteiger partial charge in [-0.2, -0.15) is 0 Å². The van der Waals surface area contributed by atoms with Gasteiger partial charge in [-0.3, -0.25) is 4.72 Å². The predicted octanol–water partition coefficient (Wildman–Crippen LogP) is 1.47. The topological polar surface area (TPSA) is 64.6 Å². The van der Waals surface area contributed by atoms with Gasteiger partial charge in [-0.25, -0.2) is 8.42 Å². The molecule has 0 amide bonds. The van der Waals surface area contributed by atoms with Crippen LogP contribution in [0.2, 0.25) is 0 Å². The first-order valence-electron chi connectivity index (χ1n) is 4.74. The van der Waals surface area contributed by atoms with Gasteiger partial charge in [-0.1, -0.05) is 0 Å². The first-order chi connectivity index (χ1) is 7.50. The van der Waals surface area contributed by atoms with E-state index in [9.17, 15) is 8.42 Å². The third-order valence-electron chi connectivity index (χ3n) is 2.00. The van der Waals surface area contributed by atoms with E-state index in [2.05, 4.69) is 4.72 Å². The van der Waals surface area contributed by atoms with Crippen LogP contribution in [0.25, 0.3) is 0 Å². The van der Waals surface area contributed by atoms with Crippen LogP contribution in [0.4, 0.5) is 5.69 Å². The fourth-order valence-electron chi connectivity index (χ4n) is 1.12. The highest BCUT2D eigenvalue weighted by atomic mass is 32.2. The summed E-state index contributed by atoms with van der Waals surface area (Å²) in [6.45, 7) is 1.57. The summed E-state index contributed by atoms with van der Waals surface area (Å²) >= 11 is 0. The second kappa shape index (κ2) is 5.07. The van der Waals surface area contributed by atoms with Crippen LogP contribution < -0.4 is 14.2 Å². The van der Waals surface area contributed by atoms with Crippen molar-refractivity contribution in [1.29, 1.82) is 0 Å². The van der Waals surface area contributed by atoms with Gasteiger partial charge in [0.25, 0.3) is 0 Å². The molecule has 1 aromatic rings. The molecule has 0 bridgehead atoms. The molecule has 6 heteroatoms. The molecule has 0 unspecified atom stereocenters. The maximum atomic E-state index is 11.4. The van der Waals surface area contributed by atoms with E-state index in [4.69, 9.17) is 9.47 Å². The summed E-state index contributed by atoms with van der Waals surface area (Å²) in [5, 5.41) is 0. The normalized spacial score (nSPS) is 10.9. The Bertz CT molecular complexity index is 434. The molecule has 1 rings (SSSR count). The first-order valence-corrected chi connectivity index (χ1v) is 6.39. The molecule has 0 aliphatic heterocycles. The molecule has 0 saturated carbocycles. The van der Waals surface area contributed by atoms with Crippen LogP contribution in [0.1, 0.15) is 6.92 Å². The lowest BCUT2D eigenvalue weighted by Gasteiger charge is -2.10. The van der Waals surface area contributed by atoms with Gasteiger partial charge in [-0.05, 0) is 6.92 Å². The molecule has 16 heavy (non-hydrogen) atoms. The quantitative estimate of drug-likeness (QED) is 0.853. The Morgan fingerprint density at radius 2 is 1.62 bits per heavy atom. The maximum absolute atomic E-state index is 11.4. The molecule has 0 fully saturated rings. The van der Waals surface area contributed by atoms with Gasteiger partial charge < -0.3 is 9.47 Å². The Kier molecular flexibility index (Phi) is 4.00. The molecule has 5 nitrogen and oxygen atoms in total. The molecule has 0 aliphatic rings. The monoisotopic (exact) mass is 245 g/mol. The number of nitrogens with one attached hydrogen (secondary N) is 1. The number of hydrogen-bond donors (Lipinski definition) is 1. The molecule has 0 spiro atoms. The number of anilines is 1. The zero-order valence-corrected chi connectivity index (χ0v) is 10.3. The fraction of sp³-hybridized carbons (Fsp3) is 0.400. The molecule has 90 valence electrons. The summed E-state index contributed by atoms with van der Waals surface area (Å²) in [6.07, 6.45) is 0. The minimum Gasteiger partial charge on any atom is -0.497 e. The van der Waals surface area contributed by atoms with Crippen molar-refractivity contribution in [3.8, 4) is 11.5 Å². The summed E-state index contributed by atoms with van der Waals surface area (Å²) < 4.78 is 35.2. The Morgan fingerprint density at radius 1 is 1.12 bits per heavy atom. The van der Waals surface area contributed by atoms with E-state index in [0.717, 1.165) is 0 Å². The van der Waals surface area contributed by atoms with Crippen molar-refractivity contribution in [2.24, 2.45) is 0 Å². The van der Waals surface area contributed by atoms with Crippen molar-refractivity contribution in [3.05, 3.63) is 18.2 Å². The molecule has 1 aromatic carbocycles. The standard InChI is InChI=1S/C10H15NO4S/c1-4-16(12,13)11-8-5-9(14-2)7-10(6-8)15-3/h5-7,11H,4H2,1-3H3. The van der Waals surface area contributed by atoms with Crippen molar-refractivity contribution in [1.82, 2.24) is 0 Å². The van der Waals surface area contributed by atoms with Gasteiger partial charge in [0, 0.05) is 18.2 Å². The van der Waals surface area contributed by atoms with Crippen molar-refractivity contribution in [2.45, 2.75) is 6.92 Å². The van der Waals surface area contributed by atoms with Crippen LogP contribution in [0.15, 0.2) is 18.2 Å². The van der Waals surface area contributed by atoms with Crippen LogP contribution in [0, 0.1) is 0 Å². The summed E-state index contributed by atoms with van der Waals surface area (Å²) in [6, 6.07) is 4.86. The maximum Gasteiger partial charge on any atom is 0.232 e. The minimum atomic E-state index is -3.28. The highest BCUT2D eigenvalue weighted by Gasteiger charge is 2.09. The lowest BCUT2D eigenvalue weighted by Crippen LogP contribution is -2.14. The molecule has 0 saturated heterocycles. The van der Waals surface area contributed by atoms with Crippen LogP contribution in [-0.4, -0.2) is 28.4 Å². The zero-order valence-electron chi connectivity index (χ0n) is 9.48. The third-order valence-corrected chi connectivity index (χ3v) is 3.31. The van der Waals surface area contributed by atoms with Crippen molar-refractivity contribution >= 4 is 15.7 Å². The van der Waals surface area contributed by atoms with Crippen molar-refractivity contribution in [3.63, 3.8) is 0 Å². The summed E-state index contributed by atoms with van der Waals surface area (Å²) in [4.78, 5) is 0. The lowest BCUT2D eigenvalue weighted by atomic mass is 10.3. The van der Waals surface area contributed by atoms with E-state index in [-0.39, 0.29) is 5.75 Å². The minimum absolute atomic E-state index is 0.0204. The van der Waals surface area contributed by atoms with Gasteiger partial charge in [0.1, 0.15) is 11.5 Å². The smallest absolute Gasteiger partial charge is 0.232 e. The molecule has 0 heterocycles. The number of rotatable bonds is 5. The van der Waals surface area contributed by atoms with E-state index in [1.807, 2.05) is 0 Å². The molecule has 0 aliphatic carbocycles. The molecule has 0 aromatic heterocycles. The number of sulfonamides is 1. The fourth-order valence-corrected chi connectivity index (χ4v) is 1.74. The second-order valence-corrected chi connectivity index (χ2v) is 5.12. The van der Waals surface area contributed by atoms with E-state index in [1.165, 1.54) is 14.2 Å². The van der Waals surface area contributed by atoms with Crippen LogP contribution in [-0.2, 0) is 10.0 Å². The van der Waals surface area contributed by atoms with Gasteiger partial charge in [-0.15, -0.1) is 0 Å². The van der Waals surface area contributed by atoms with Crippen LogP contribution in [0.3, 0.4) is 0 Å². The van der Waals surface area contributed by atoms with Crippen LogP contribution >= 0.6 is 0 Å². The Balaban J connectivity index is 3.04. The van der Waals surface area contributed by atoms with E-state index < -0.39 is 10.0 Å².